The van der Waals surface area contributed by atoms with Crippen molar-refractivity contribution >= 4 is 5.65 Å². The van der Waals surface area contributed by atoms with Gasteiger partial charge in [0, 0.05) is 24.0 Å². The van der Waals surface area contributed by atoms with Crippen LogP contribution in [0.15, 0.2) is 40.2 Å². The average Bonchev–Trinajstić information content (AvgIpc) is 3.17. The van der Waals surface area contributed by atoms with Gasteiger partial charge in [-0.3, -0.25) is 4.79 Å². The molecule has 0 unspecified atom stereocenters. The van der Waals surface area contributed by atoms with Crippen molar-refractivity contribution in [1.82, 2.24) is 29.5 Å². The van der Waals surface area contributed by atoms with E-state index in [2.05, 4.69) is 20.3 Å². The summed E-state index contributed by atoms with van der Waals surface area (Å²) in [5.41, 5.74) is 3.72. The van der Waals surface area contributed by atoms with Crippen LogP contribution in [0.5, 0.6) is 0 Å². The van der Waals surface area contributed by atoms with E-state index in [0.717, 1.165) is 22.6 Å². The summed E-state index contributed by atoms with van der Waals surface area (Å²) < 4.78 is 8.44. The van der Waals surface area contributed by atoms with Crippen molar-refractivity contribution in [3.05, 3.63) is 52.7 Å². The summed E-state index contributed by atoms with van der Waals surface area (Å²) in [5, 5.41) is 12.5. The minimum absolute atomic E-state index is 0.188. The molecule has 0 spiro atoms. The maximum absolute atomic E-state index is 11.5. The molecule has 0 fully saturated rings. The molecule has 8 nitrogen and oxygen atoms in total. The molecule has 22 heavy (non-hydrogen) atoms. The lowest BCUT2D eigenvalue weighted by atomic mass is 10.1. The molecule has 0 saturated heterocycles. The van der Waals surface area contributed by atoms with Crippen molar-refractivity contribution in [2.75, 3.05) is 0 Å². The molecule has 0 radical (unpaired) electrons. The second kappa shape index (κ2) is 4.42. The first-order valence-electron chi connectivity index (χ1n) is 6.68. The molecular weight excluding hydrogens is 284 g/mol. The first-order valence-corrected chi connectivity index (χ1v) is 6.68. The predicted molar refractivity (Wildman–Crippen MR) is 77.9 cm³/mol. The van der Waals surface area contributed by atoms with E-state index in [1.165, 1.54) is 6.07 Å². The van der Waals surface area contributed by atoms with Gasteiger partial charge in [0.25, 0.3) is 5.56 Å². The van der Waals surface area contributed by atoms with E-state index in [1.807, 2.05) is 20.0 Å². The highest BCUT2D eigenvalue weighted by Crippen LogP contribution is 2.27. The van der Waals surface area contributed by atoms with Gasteiger partial charge in [-0.1, -0.05) is 5.16 Å². The van der Waals surface area contributed by atoms with Gasteiger partial charge in [-0.2, -0.15) is 10.2 Å². The second-order valence-corrected chi connectivity index (χ2v) is 5.00. The van der Waals surface area contributed by atoms with Gasteiger partial charge >= 0.3 is 0 Å². The Morgan fingerprint density at radius 2 is 2.09 bits per heavy atom. The smallest absolute Gasteiger partial charge is 0.251 e. The maximum Gasteiger partial charge on any atom is 0.251 e. The Bertz CT molecular complexity index is 1020. The summed E-state index contributed by atoms with van der Waals surface area (Å²) >= 11 is 0. The van der Waals surface area contributed by atoms with Crippen molar-refractivity contribution in [2.45, 2.75) is 13.8 Å². The van der Waals surface area contributed by atoms with E-state index in [9.17, 15) is 4.79 Å². The van der Waals surface area contributed by atoms with E-state index in [0.29, 0.717) is 11.3 Å². The molecule has 4 aromatic rings. The van der Waals surface area contributed by atoms with Gasteiger partial charge in [-0.05, 0) is 13.8 Å². The van der Waals surface area contributed by atoms with E-state index in [4.69, 9.17) is 4.52 Å². The largest absolute Gasteiger partial charge is 0.361 e. The summed E-state index contributed by atoms with van der Waals surface area (Å²) in [7, 11) is 0. The molecule has 0 aromatic carbocycles. The first-order chi connectivity index (χ1) is 10.6. The van der Waals surface area contributed by atoms with Crippen LogP contribution in [-0.4, -0.2) is 29.5 Å². The maximum atomic E-state index is 11.5. The van der Waals surface area contributed by atoms with Gasteiger partial charge in [0.2, 0.25) is 0 Å². The molecule has 0 aliphatic rings. The van der Waals surface area contributed by atoms with Crippen LogP contribution >= 0.6 is 0 Å². The molecule has 4 rings (SSSR count). The minimum atomic E-state index is -0.188. The van der Waals surface area contributed by atoms with Gasteiger partial charge in [0.05, 0.1) is 23.7 Å². The fourth-order valence-corrected chi connectivity index (χ4v) is 2.53. The van der Waals surface area contributed by atoms with Crippen LogP contribution in [0.2, 0.25) is 0 Å². The molecule has 0 aliphatic carbocycles. The molecule has 0 atom stereocenters. The van der Waals surface area contributed by atoms with Gasteiger partial charge in [-0.15, -0.1) is 0 Å². The number of rotatable bonds is 2. The van der Waals surface area contributed by atoms with Gasteiger partial charge in [0.1, 0.15) is 11.4 Å². The van der Waals surface area contributed by atoms with Crippen LogP contribution in [-0.2, 0) is 0 Å². The predicted octanol–water partition coefficient (Wildman–Crippen LogP) is 1.48. The summed E-state index contributed by atoms with van der Waals surface area (Å²) in [6.07, 6.45) is 6.84. The van der Waals surface area contributed by atoms with Crippen molar-refractivity contribution in [2.24, 2.45) is 0 Å². The Kier molecular flexibility index (Phi) is 2.52. The third-order valence-electron chi connectivity index (χ3n) is 3.54. The zero-order valence-electron chi connectivity index (χ0n) is 11.9. The molecule has 0 aliphatic heterocycles. The van der Waals surface area contributed by atoms with Crippen LogP contribution in [0, 0.1) is 13.8 Å². The molecule has 0 amide bonds. The molecule has 8 heteroatoms. The first kappa shape index (κ1) is 12.6. The Labute approximate surface area is 124 Å². The zero-order valence-corrected chi connectivity index (χ0v) is 11.9. The summed E-state index contributed by atoms with van der Waals surface area (Å²) in [6, 6.07) is 1.42. The molecule has 1 N–H and O–H groups in total. The third-order valence-corrected chi connectivity index (χ3v) is 3.54. The Morgan fingerprint density at radius 3 is 2.86 bits per heavy atom. The van der Waals surface area contributed by atoms with Crippen LogP contribution in [0.25, 0.3) is 22.5 Å². The highest BCUT2D eigenvalue weighted by Gasteiger charge is 2.15. The molecule has 4 heterocycles. The number of aromatic amines is 1. The van der Waals surface area contributed by atoms with Gasteiger partial charge < -0.3 is 9.51 Å². The number of hydrogen-bond acceptors (Lipinski definition) is 5. The highest BCUT2D eigenvalue weighted by atomic mass is 16.5. The second-order valence-electron chi connectivity index (χ2n) is 5.00. The number of H-pyrrole nitrogens is 1. The monoisotopic (exact) mass is 296 g/mol. The number of hydrogen-bond donors (Lipinski definition) is 1. The topological polar surface area (TPSA) is 94.0 Å². The van der Waals surface area contributed by atoms with Gasteiger partial charge in [0.15, 0.2) is 5.65 Å². The van der Waals surface area contributed by atoms with E-state index in [-0.39, 0.29) is 5.56 Å². The van der Waals surface area contributed by atoms with Crippen molar-refractivity contribution in [1.29, 1.82) is 0 Å². The number of aryl methyl sites for hydroxylation is 2. The van der Waals surface area contributed by atoms with Crippen LogP contribution in [0.4, 0.5) is 0 Å². The van der Waals surface area contributed by atoms with E-state index >= 15 is 0 Å². The van der Waals surface area contributed by atoms with Crippen LogP contribution in [0.3, 0.4) is 0 Å². The summed E-state index contributed by atoms with van der Waals surface area (Å²) in [6.45, 7) is 3.75. The summed E-state index contributed by atoms with van der Waals surface area (Å²) in [5.74, 6) is 0.741. The molecule has 4 aromatic heterocycles. The normalized spacial score (nSPS) is 11.4. The third kappa shape index (κ3) is 1.77. The fourth-order valence-electron chi connectivity index (χ4n) is 2.53. The molecular formula is C14H12N6O2. The Hall–Kier alpha value is -3.16. The van der Waals surface area contributed by atoms with Crippen LogP contribution in [0.1, 0.15) is 11.5 Å². The fraction of sp³-hybridized carbons (Fsp3) is 0.143. The lowest BCUT2D eigenvalue weighted by Crippen LogP contribution is -2.07. The lowest BCUT2D eigenvalue weighted by molar-refractivity contribution is 0.393. The number of aromatic nitrogens is 6. The molecule has 0 bridgehead atoms. The number of nitrogens with one attached hydrogen (secondary N) is 1. The van der Waals surface area contributed by atoms with Gasteiger partial charge in [-0.25, -0.2) is 9.20 Å². The molecule has 0 saturated carbocycles. The SMILES string of the molecule is Cc1noc(C)c1-c1cnn(-c2cnn3ccc(=O)[nH]c23)c1. The van der Waals surface area contributed by atoms with Crippen LogP contribution < -0.4 is 5.56 Å². The quantitative estimate of drug-likeness (QED) is 0.604. The van der Waals surface area contributed by atoms with Crippen molar-refractivity contribution in [3.8, 4) is 16.8 Å². The molecule has 110 valence electrons. The van der Waals surface area contributed by atoms with Crippen molar-refractivity contribution in [3.63, 3.8) is 0 Å². The number of fused-ring (bicyclic) bond motifs is 1. The Balaban J connectivity index is 1.87. The van der Waals surface area contributed by atoms with E-state index < -0.39 is 0 Å². The number of nitrogens with zero attached hydrogens (tertiary/aromatic N) is 5. The van der Waals surface area contributed by atoms with E-state index in [1.54, 1.807) is 27.8 Å². The van der Waals surface area contributed by atoms with Crippen molar-refractivity contribution < 1.29 is 4.52 Å². The zero-order chi connectivity index (χ0) is 15.3. The minimum Gasteiger partial charge on any atom is -0.361 e. The average molecular weight is 296 g/mol. The lowest BCUT2D eigenvalue weighted by Gasteiger charge is -1.98. The Morgan fingerprint density at radius 1 is 1.23 bits per heavy atom. The highest BCUT2D eigenvalue weighted by molar-refractivity contribution is 5.67. The standard InChI is InChI=1S/C14H12N6O2/c1-8-13(9(2)22-18-8)10-5-15-20(7-10)11-6-16-19-4-3-12(21)17-14(11)19/h3-7H,1-2H3,(H,17,21). The summed E-state index contributed by atoms with van der Waals surface area (Å²) in [4.78, 5) is 14.3.